The number of carbonyl (C=O) groups excluding carboxylic acids is 2. The lowest BCUT2D eigenvalue weighted by Crippen LogP contribution is -2.50. The van der Waals surface area contributed by atoms with E-state index in [2.05, 4.69) is 21.2 Å². The van der Waals surface area contributed by atoms with Crippen molar-refractivity contribution in [1.82, 2.24) is 24.9 Å². The molecule has 3 heterocycles. The standard InChI is InChI=1S/C28H32ClN7O4/c1-18-32-24(33-40-18)8-9-34(5)26(37)22-7-6-19(15-23(22)29)21-14-20(16-30)25(31-17-21)35-10-12-36(13-11-35)27(38)39-28(2,3)4/h6-7,14-15,17H,8-13H2,1-5H3. The summed E-state index contributed by atoms with van der Waals surface area (Å²) in [5.74, 6) is 1.35. The average Bonchev–Trinajstić information content (AvgIpc) is 3.35. The molecule has 40 heavy (non-hydrogen) atoms. The zero-order chi connectivity index (χ0) is 29.0. The Morgan fingerprint density at radius 2 is 1.90 bits per heavy atom. The van der Waals surface area contributed by atoms with Gasteiger partial charge in [-0.3, -0.25) is 4.79 Å². The van der Waals surface area contributed by atoms with Gasteiger partial charge >= 0.3 is 6.09 Å². The van der Waals surface area contributed by atoms with Gasteiger partial charge in [-0.05, 0) is 44.5 Å². The molecule has 11 nitrogen and oxygen atoms in total. The number of nitriles is 1. The number of hydrogen-bond donors (Lipinski definition) is 0. The minimum Gasteiger partial charge on any atom is -0.444 e. The van der Waals surface area contributed by atoms with Gasteiger partial charge in [0.05, 0.1) is 16.1 Å². The van der Waals surface area contributed by atoms with Crippen molar-refractivity contribution in [3.63, 3.8) is 0 Å². The monoisotopic (exact) mass is 565 g/mol. The maximum atomic E-state index is 13.0. The molecule has 210 valence electrons. The SMILES string of the molecule is Cc1nc(CCN(C)C(=O)c2ccc(-c3cnc(N4CCN(C(=O)OC(C)(C)C)CC4)c(C#N)c3)cc2Cl)no1. The maximum Gasteiger partial charge on any atom is 0.410 e. The Kier molecular flexibility index (Phi) is 8.59. The summed E-state index contributed by atoms with van der Waals surface area (Å²) >= 11 is 6.52. The largest absolute Gasteiger partial charge is 0.444 e. The molecule has 0 unspecified atom stereocenters. The van der Waals surface area contributed by atoms with Gasteiger partial charge < -0.3 is 24.0 Å². The van der Waals surface area contributed by atoms with Crippen LogP contribution in [0, 0.1) is 18.3 Å². The van der Waals surface area contributed by atoms with E-state index in [1.54, 1.807) is 54.2 Å². The topological polar surface area (TPSA) is 129 Å². The van der Waals surface area contributed by atoms with Gasteiger partial charge in [0.1, 0.15) is 17.5 Å². The lowest BCUT2D eigenvalue weighted by molar-refractivity contribution is 0.0240. The van der Waals surface area contributed by atoms with Gasteiger partial charge in [-0.25, -0.2) is 9.78 Å². The predicted molar refractivity (Wildman–Crippen MR) is 149 cm³/mol. The predicted octanol–water partition coefficient (Wildman–Crippen LogP) is 4.34. The smallest absolute Gasteiger partial charge is 0.410 e. The summed E-state index contributed by atoms with van der Waals surface area (Å²) in [6, 6.07) is 9.15. The minimum atomic E-state index is -0.556. The number of anilines is 1. The van der Waals surface area contributed by atoms with Gasteiger partial charge in [0, 0.05) is 64.9 Å². The Hall–Kier alpha value is -4.17. The molecular formula is C28H32ClN7O4. The van der Waals surface area contributed by atoms with Crippen LogP contribution in [0.15, 0.2) is 35.0 Å². The minimum absolute atomic E-state index is 0.228. The molecule has 0 aliphatic carbocycles. The Morgan fingerprint density at radius 1 is 1.18 bits per heavy atom. The summed E-state index contributed by atoms with van der Waals surface area (Å²) in [5, 5.41) is 14.0. The van der Waals surface area contributed by atoms with Crippen molar-refractivity contribution >= 4 is 29.4 Å². The molecule has 1 fully saturated rings. The van der Waals surface area contributed by atoms with Crippen LogP contribution in [0.5, 0.6) is 0 Å². The summed E-state index contributed by atoms with van der Waals surface area (Å²) in [6.07, 6.45) is 1.80. The third kappa shape index (κ3) is 6.87. The third-order valence-corrected chi connectivity index (χ3v) is 6.65. The first kappa shape index (κ1) is 28.8. The Balaban J connectivity index is 1.43. The van der Waals surface area contributed by atoms with Crippen molar-refractivity contribution in [3.8, 4) is 17.2 Å². The lowest BCUT2D eigenvalue weighted by atomic mass is 10.0. The van der Waals surface area contributed by atoms with E-state index in [1.165, 1.54) is 0 Å². The molecular weight excluding hydrogens is 534 g/mol. The Morgan fingerprint density at radius 3 is 2.50 bits per heavy atom. The third-order valence-electron chi connectivity index (χ3n) is 6.34. The summed E-state index contributed by atoms with van der Waals surface area (Å²) in [6.45, 7) is 9.63. The van der Waals surface area contributed by atoms with Crippen LogP contribution in [0.1, 0.15) is 48.4 Å². The molecule has 0 atom stereocenters. The number of rotatable bonds is 6. The number of aryl methyl sites for hydroxylation is 1. The quantitative estimate of drug-likeness (QED) is 0.428. The second-order valence-corrected chi connectivity index (χ2v) is 11.0. The summed E-state index contributed by atoms with van der Waals surface area (Å²) in [5.41, 5.74) is 1.66. The van der Waals surface area contributed by atoms with Crippen LogP contribution in [0.3, 0.4) is 0 Å². The van der Waals surface area contributed by atoms with E-state index in [4.69, 9.17) is 20.9 Å². The molecule has 0 N–H and O–H groups in total. The van der Waals surface area contributed by atoms with Crippen molar-refractivity contribution in [1.29, 1.82) is 5.26 Å². The molecule has 1 saturated heterocycles. The molecule has 4 rings (SSSR count). The second kappa shape index (κ2) is 11.9. The zero-order valence-electron chi connectivity index (χ0n) is 23.3. The van der Waals surface area contributed by atoms with Gasteiger partial charge in [0.2, 0.25) is 5.89 Å². The highest BCUT2D eigenvalue weighted by Gasteiger charge is 2.27. The molecule has 1 aromatic carbocycles. The first-order chi connectivity index (χ1) is 18.9. The number of ether oxygens (including phenoxy) is 1. The molecule has 2 amide bonds. The Labute approximate surface area is 238 Å². The lowest BCUT2D eigenvalue weighted by Gasteiger charge is -2.36. The fourth-order valence-corrected chi connectivity index (χ4v) is 4.52. The number of hydrogen-bond acceptors (Lipinski definition) is 9. The van der Waals surface area contributed by atoms with Gasteiger partial charge in [0.25, 0.3) is 5.91 Å². The number of likely N-dealkylation sites (N-methyl/N-ethyl adjacent to an activating group) is 1. The molecule has 0 saturated carbocycles. The number of amides is 2. The van der Waals surface area contributed by atoms with Crippen LogP contribution in [-0.4, -0.2) is 82.3 Å². The normalized spacial score (nSPS) is 13.6. The highest BCUT2D eigenvalue weighted by Crippen LogP contribution is 2.29. The first-order valence-electron chi connectivity index (χ1n) is 12.9. The highest BCUT2D eigenvalue weighted by atomic mass is 35.5. The Bertz CT molecular complexity index is 1440. The molecule has 0 bridgehead atoms. The summed E-state index contributed by atoms with van der Waals surface area (Å²) in [4.78, 5) is 39.3. The van der Waals surface area contributed by atoms with E-state index >= 15 is 0 Å². The van der Waals surface area contributed by atoms with Crippen molar-refractivity contribution < 1.29 is 18.8 Å². The molecule has 1 aliphatic rings. The molecule has 0 radical (unpaired) electrons. The van der Waals surface area contributed by atoms with Crippen LogP contribution in [-0.2, 0) is 11.2 Å². The molecule has 2 aromatic heterocycles. The number of piperazine rings is 1. The average molecular weight is 566 g/mol. The number of carbonyl (C=O) groups is 2. The van der Waals surface area contributed by atoms with Crippen LogP contribution < -0.4 is 4.90 Å². The molecule has 1 aliphatic heterocycles. The van der Waals surface area contributed by atoms with Crippen molar-refractivity contribution in [2.75, 3.05) is 44.7 Å². The van der Waals surface area contributed by atoms with Crippen molar-refractivity contribution in [2.45, 2.75) is 39.7 Å². The number of pyridine rings is 1. The summed E-state index contributed by atoms with van der Waals surface area (Å²) in [7, 11) is 1.69. The second-order valence-electron chi connectivity index (χ2n) is 10.6. The maximum absolute atomic E-state index is 13.0. The van der Waals surface area contributed by atoms with E-state index in [0.717, 1.165) is 5.56 Å². The van der Waals surface area contributed by atoms with E-state index in [-0.39, 0.29) is 12.0 Å². The fourth-order valence-electron chi connectivity index (χ4n) is 4.26. The number of aromatic nitrogens is 3. The van der Waals surface area contributed by atoms with E-state index in [0.29, 0.717) is 78.4 Å². The number of halogens is 1. The zero-order valence-corrected chi connectivity index (χ0v) is 24.0. The van der Waals surface area contributed by atoms with Crippen LogP contribution in [0.4, 0.5) is 10.6 Å². The van der Waals surface area contributed by atoms with E-state index < -0.39 is 5.60 Å². The van der Waals surface area contributed by atoms with Crippen LogP contribution in [0.25, 0.3) is 11.1 Å². The van der Waals surface area contributed by atoms with Crippen LogP contribution in [0.2, 0.25) is 5.02 Å². The fraction of sp³-hybridized carbons (Fsp3) is 0.429. The van der Waals surface area contributed by atoms with Crippen molar-refractivity contribution in [2.24, 2.45) is 0 Å². The van der Waals surface area contributed by atoms with Gasteiger partial charge in [-0.2, -0.15) is 10.2 Å². The number of benzene rings is 1. The first-order valence-corrected chi connectivity index (χ1v) is 13.3. The molecule has 12 heteroatoms. The summed E-state index contributed by atoms with van der Waals surface area (Å²) < 4.78 is 10.4. The molecule has 3 aromatic rings. The number of nitrogens with zero attached hydrogens (tertiary/aromatic N) is 7. The molecule has 0 spiro atoms. The van der Waals surface area contributed by atoms with Crippen LogP contribution >= 0.6 is 11.6 Å². The van der Waals surface area contributed by atoms with Gasteiger partial charge in [-0.15, -0.1) is 0 Å². The van der Waals surface area contributed by atoms with Gasteiger partial charge in [-0.1, -0.05) is 22.8 Å². The van der Waals surface area contributed by atoms with E-state index in [9.17, 15) is 14.9 Å². The van der Waals surface area contributed by atoms with Gasteiger partial charge in [0.15, 0.2) is 5.82 Å². The highest BCUT2D eigenvalue weighted by molar-refractivity contribution is 6.34. The van der Waals surface area contributed by atoms with Crippen molar-refractivity contribution in [3.05, 3.63) is 58.3 Å². The van der Waals surface area contributed by atoms with E-state index in [1.807, 2.05) is 25.7 Å².